The molecule has 1 aliphatic heterocycles. The molecule has 1 saturated heterocycles. The van der Waals surface area contributed by atoms with Crippen molar-refractivity contribution in [2.24, 2.45) is 5.92 Å². The van der Waals surface area contributed by atoms with Gasteiger partial charge >= 0.3 is 6.03 Å². The average Bonchev–Trinajstić information content (AvgIpc) is 2.80. The number of carbonyl (C=O) groups excluding carboxylic acids is 1. The number of epoxide rings is 1. The van der Waals surface area contributed by atoms with Crippen molar-refractivity contribution in [3.63, 3.8) is 0 Å². The van der Waals surface area contributed by atoms with Crippen LogP contribution < -0.4 is 10.6 Å². The van der Waals surface area contributed by atoms with E-state index in [2.05, 4.69) is 24.5 Å². The lowest BCUT2D eigenvalue weighted by atomic mass is 10.2. The van der Waals surface area contributed by atoms with Gasteiger partial charge in [-0.2, -0.15) is 0 Å². The summed E-state index contributed by atoms with van der Waals surface area (Å²) < 4.78 is 4.94. The van der Waals surface area contributed by atoms with Gasteiger partial charge in [-0.1, -0.05) is 13.8 Å². The Hall–Kier alpha value is -0.770. The van der Waals surface area contributed by atoms with Crippen LogP contribution in [0.2, 0.25) is 0 Å². The monoisotopic (exact) mass is 172 g/mol. The number of amides is 2. The number of carbonyl (C=O) groups is 1. The van der Waals surface area contributed by atoms with E-state index in [1.54, 1.807) is 0 Å². The molecule has 70 valence electrons. The lowest BCUT2D eigenvalue weighted by Crippen LogP contribution is -2.39. The van der Waals surface area contributed by atoms with Crippen LogP contribution in [-0.2, 0) is 4.74 Å². The van der Waals surface area contributed by atoms with Crippen molar-refractivity contribution in [2.45, 2.75) is 20.0 Å². The third-order valence-corrected chi connectivity index (χ3v) is 1.56. The molecule has 1 unspecified atom stereocenters. The molecule has 0 aliphatic carbocycles. The van der Waals surface area contributed by atoms with Crippen molar-refractivity contribution in [1.82, 2.24) is 10.6 Å². The predicted molar refractivity (Wildman–Crippen MR) is 46.0 cm³/mol. The molecule has 4 heteroatoms. The fourth-order valence-electron chi connectivity index (χ4n) is 0.752. The van der Waals surface area contributed by atoms with Crippen LogP contribution in [0, 0.1) is 5.92 Å². The van der Waals surface area contributed by atoms with Gasteiger partial charge in [0, 0.05) is 13.1 Å². The molecular formula is C8H16N2O2. The zero-order chi connectivity index (χ0) is 8.97. The summed E-state index contributed by atoms with van der Waals surface area (Å²) in [6, 6.07) is -0.0980. The Morgan fingerprint density at radius 3 is 2.75 bits per heavy atom. The first-order valence-electron chi connectivity index (χ1n) is 4.32. The zero-order valence-electron chi connectivity index (χ0n) is 7.59. The number of hydrogen-bond donors (Lipinski definition) is 2. The summed E-state index contributed by atoms with van der Waals surface area (Å²) in [7, 11) is 0. The Bertz CT molecular complexity index is 147. The normalized spacial score (nSPS) is 20.8. The maximum absolute atomic E-state index is 11.0. The Balaban J connectivity index is 1.95. The van der Waals surface area contributed by atoms with Crippen LogP contribution in [0.4, 0.5) is 4.79 Å². The van der Waals surface area contributed by atoms with Crippen LogP contribution in [0.15, 0.2) is 0 Å². The van der Waals surface area contributed by atoms with Crippen molar-refractivity contribution in [1.29, 1.82) is 0 Å². The van der Waals surface area contributed by atoms with Gasteiger partial charge < -0.3 is 15.4 Å². The minimum Gasteiger partial charge on any atom is -0.371 e. The third-order valence-electron chi connectivity index (χ3n) is 1.56. The van der Waals surface area contributed by atoms with Gasteiger partial charge in [0.15, 0.2) is 0 Å². The van der Waals surface area contributed by atoms with E-state index >= 15 is 0 Å². The Labute approximate surface area is 72.7 Å². The molecule has 1 aliphatic rings. The number of urea groups is 1. The SMILES string of the molecule is CC(C)CNC(=O)NCC1CO1. The lowest BCUT2D eigenvalue weighted by Gasteiger charge is -2.07. The van der Waals surface area contributed by atoms with Gasteiger partial charge in [0.1, 0.15) is 0 Å². The Morgan fingerprint density at radius 1 is 1.58 bits per heavy atom. The summed E-state index contributed by atoms with van der Waals surface area (Å²) in [6.45, 7) is 6.25. The zero-order valence-corrected chi connectivity index (χ0v) is 7.59. The molecule has 2 N–H and O–H groups in total. The number of rotatable bonds is 4. The smallest absolute Gasteiger partial charge is 0.314 e. The Morgan fingerprint density at radius 2 is 2.25 bits per heavy atom. The molecule has 1 rings (SSSR count). The molecule has 4 nitrogen and oxygen atoms in total. The molecule has 1 atom stereocenters. The van der Waals surface area contributed by atoms with Gasteiger partial charge in [0.2, 0.25) is 0 Å². The highest BCUT2D eigenvalue weighted by Crippen LogP contribution is 2.05. The standard InChI is InChI=1S/C8H16N2O2/c1-6(2)3-9-8(11)10-4-7-5-12-7/h6-7H,3-5H2,1-2H3,(H2,9,10,11). The molecule has 0 bridgehead atoms. The summed E-state index contributed by atoms with van der Waals surface area (Å²) >= 11 is 0. The highest BCUT2D eigenvalue weighted by atomic mass is 16.6. The third kappa shape index (κ3) is 4.18. The quantitative estimate of drug-likeness (QED) is 0.601. The maximum atomic E-state index is 11.0. The minimum atomic E-state index is -0.0980. The summed E-state index contributed by atoms with van der Waals surface area (Å²) in [5.41, 5.74) is 0. The predicted octanol–water partition coefficient (Wildman–Crippen LogP) is 0.340. The molecule has 0 aromatic heterocycles. The summed E-state index contributed by atoms with van der Waals surface area (Å²) in [6.07, 6.45) is 0.259. The van der Waals surface area contributed by atoms with Gasteiger partial charge in [-0.25, -0.2) is 4.79 Å². The molecule has 1 heterocycles. The molecule has 0 spiro atoms. The van der Waals surface area contributed by atoms with Crippen molar-refractivity contribution < 1.29 is 9.53 Å². The van der Waals surface area contributed by atoms with E-state index in [1.165, 1.54) is 0 Å². The second kappa shape index (κ2) is 4.30. The largest absolute Gasteiger partial charge is 0.371 e. The van der Waals surface area contributed by atoms with Crippen LogP contribution >= 0.6 is 0 Å². The fraction of sp³-hybridized carbons (Fsp3) is 0.875. The highest BCUT2D eigenvalue weighted by Gasteiger charge is 2.22. The van der Waals surface area contributed by atoms with Crippen LogP contribution in [0.25, 0.3) is 0 Å². The second-order valence-corrected chi connectivity index (χ2v) is 3.44. The molecule has 2 amide bonds. The van der Waals surface area contributed by atoms with Crippen molar-refractivity contribution in [2.75, 3.05) is 19.7 Å². The van der Waals surface area contributed by atoms with Crippen LogP contribution in [0.3, 0.4) is 0 Å². The van der Waals surface area contributed by atoms with Crippen LogP contribution in [-0.4, -0.2) is 31.8 Å². The topological polar surface area (TPSA) is 53.7 Å². The van der Waals surface area contributed by atoms with Gasteiger partial charge in [-0.3, -0.25) is 0 Å². The summed E-state index contributed by atoms with van der Waals surface area (Å²) in [5.74, 6) is 0.493. The lowest BCUT2D eigenvalue weighted by molar-refractivity contribution is 0.238. The average molecular weight is 172 g/mol. The first kappa shape index (κ1) is 9.32. The van der Waals surface area contributed by atoms with E-state index < -0.39 is 0 Å². The Kier molecular flexibility index (Phi) is 3.34. The molecule has 0 aromatic rings. The van der Waals surface area contributed by atoms with E-state index in [-0.39, 0.29) is 12.1 Å². The van der Waals surface area contributed by atoms with Crippen LogP contribution in [0.5, 0.6) is 0 Å². The van der Waals surface area contributed by atoms with Gasteiger partial charge in [-0.15, -0.1) is 0 Å². The summed E-state index contributed by atoms with van der Waals surface area (Å²) in [5, 5.41) is 5.48. The van der Waals surface area contributed by atoms with E-state index in [0.717, 1.165) is 13.2 Å². The van der Waals surface area contributed by atoms with E-state index in [9.17, 15) is 4.79 Å². The van der Waals surface area contributed by atoms with Gasteiger partial charge in [0.05, 0.1) is 12.7 Å². The summed E-state index contributed by atoms with van der Waals surface area (Å²) in [4.78, 5) is 11.0. The second-order valence-electron chi connectivity index (χ2n) is 3.44. The molecule has 1 fully saturated rings. The van der Waals surface area contributed by atoms with Gasteiger partial charge in [0.25, 0.3) is 0 Å². The molecule has 12 heavy (non-hydrogen) atoms. The highest BCUT2D eigenvalue weighted by molar-refractivity contribution is 5.73. The van der Waals surface area contributed by atoms with Gasteiger partial charge in [-0.05, 0) is 5.92 Å². The molecular weight excluding hydrogens is 156 g/mol. The first-order chi connectivity index (χ1) is 5.68. The minimum absolute atomic E-state index is 0.0980. The van der Waals surface area contributed by atoms with Crippen molar-refractivity contribution >= 4 is 6.03 Å². The number of nitrogens with one attached hydrogen (secondary N) is 2. The fourth-order valence-corrected chi connectivity index (χ4v) is 0.752. The number of ether oxygens (including phenoxy) is 1. The van der Waals surface area contributed by atoms with E-state index in [4.69, 9.17) is 4.74 Å². The van der Waals surface area contributed by atoms with E-state index in [0.29, 0.717) is 12.5 Å². The van der Waals surface area contributed by atoms with E-state index in [1.807, 2.05) is 0 Å². The van der Waals surface area contributed by atoms with Crippen molar-refractivity contribution in [3.05, 3.63) is 0 Å². The molecule has 0 saturated carbocycles. The molecule has 0 aromatic carbocycles. The first-order valence-corrected chi connectivity index (χ1v) is 4.32. The maximum Gasteiger partial charge on any atom is 0.314 e. The van der Waals surface area contributed by atoms with Crippen molar-refractivity contribution in [3.8, 4) is 0 Å². The van der Waals surface area contributed by atoms with Crippen LogP contribution in [0.1, 0.15) is 13.8 Å². The molecule has 0 radical (unpaired) electrons. The number of hydrogen-bond acceptors (Lipinski definition) is 2.